The molecule has 0 aromatic heterocycles. The fourth-order valence-electron chi connectivity index (χ4n) is 2.34. The zero-order valence-corrected chi connectivity index (χ0v) is 19.8. The summed E-state index contributed by atoms with van der Waals surface area (Å²) >= 11 is 5.53. The molecular weight excluding hydrogens is 400 g/mol. The zero-order chi connectivity index (χ0) is 20.1. The summed E-state index contributed by atoms with van der Waals surface area (Å²) < 4.78 is 42.4. The van der Waals surface area contributed by atoms with Crippen molar-refractivity contribution < 1.29 is 36.0 Å². The van der Waals surface area contributed by atoms with Crippen LogP contribution in [0.4, 0.5) is 0 Å². The molecule has 0 saturated carbocycles. The molecule has 1 fully saturated rings. The van der Waals surface area contributed by atoms with Crippen molar-refractivity contribution in [2.45, 2.75) is 37.6 Å². The molecule has 1 aliphatic heterocycles. The van der Waals surface area contributed by atoms with Gasteiger partial charge in [0.15, 0.2) is 0 Å². The largest absolute Gasteiger partial charge is 0.530 e. The first kappa shape index (κ1) is 26.4. The van der Waals surface area contributed by atoms with Gasteiger partial charge in [0, 0.05) is 54.6 Å². The van der Waals surface area contributed by atoms with Gasteiger partial charge in [-0.1, -0.05) is 6.92 Å². The molecule has 0 N–H and O–H groups in total. The summed E-state index contributed by atoms with van der Waals surface area (Å²) in [6.45, 7) is 3.40. The SMILES string of the molecule is CCC(OCC1CO1)[Si](OC)(OC)OC.CO[Si](CCCCl)(OC)OC. The smallest absolute Gasteiger partial charge is 0.377 e. The molecule has 0 aliphatic carbocycles. The number of epoxide rings is 1. The van der Waals surface area contributed by atoms with E-state index in [-0.39, 0.29) is 11.8 Å². The highest BCUT2D eigenvalue weighted by atomic mass is 35.5. The van der Waals surface area contributed by atoms with Gasteiger partial charge in [-0.3, -0.25) is 0 Å². The lowest BCUT2D eigenvalue weighted by molar-refractivity contribution is 0.00651. The third kappa shape index (κ3) is 8.61. The van der Waals surface area contributed by atoms with Crippen molar-refractivity contribution in [1.29, 1.82) is 0 Å². The van der Waals surface area contributed by atoms with Crippen LogP contribution in [0.1, 0.15) is 19.8 Å². The van der Waals surface area contributed by atoms with E-state index in [1.807, 2.05) is 6.92 Å². The summed E-state index contributed by atoms with van der Waals surface area (Å²) in [7, 11) is 4.62. The van der Waals surface area contributed by atoms with Gasteiger partial charge < -0.3 is 36.0 Å². The van der Waals surface area contributed by atoms with Crippen molar-refractivity contribution in [3.63, 3.8) is 0 Å². The zero-order valence-electron chi connectivity index (χ0n) is 17.0. The second kappa shape index (κ2) is 14.4. The highest BCUT2D eigenvalue weighted by molar-refractivity contribution is 6.62. The molecule has 0 spiro atoms. The van der Waals surface area contributed by atoms with Crippen LogP contribution in [0.15, 0.2) is 0 Å². The number of rotatable bonds is 14. The van der Waals surface area contributed by atoms with Crippen LogP contribution in [0.25, 0.3) is 0 Å². The molecule has 2 unspecified atom stereocenters. The number of hydrogen-bond donors (Lipinski definition) is 0. The molecule has 158 valence electrons. The maximum atomic E-state index is 5.72. The molecule has 1 saturated heterocycles. The molecule has 8 nitrogen and oxygen atoms in total. The van der Waals surface area contributed by atoms with Crippen LogP contribution in [0.3, 0.4) is 0 Å². The Morgan fingerprint density at radius 1 is 0.962 bits per heavy atom. The Hall–Kier alpha value is 0.404. The van der Waals surface area contributed by atoms with E-state index in [4.69, 9.17) is 47.6 Å². The van der Waals surface area contributed by atoms with Gasteiger partial charge in [-0.25, -0.2) is 0 Å². The van der Waals surface area contributed by atoms with Crippen LogP contribution in [0, 0.1) is 0 Å². The van der Waals surface area contributed by atoms with Crippen LogP contribution < -0.4 is 0 Å². The molecule has 26 heavy (non-hydrogen) atoms. The predicted molar refractivity (Wildman–Crippen MR) is 103 cm³/mol. The highest BCUT2D eigenvalue weighted by Gasteiger charge is 2.48. The van der Waals surface area contributed by atoms with E-state index in [9.17, 15) is 0 Å². The van der Waals surface area contributed by atoms with E-state index >= 15 is 0 Å². The van der Waals surface area contributed by atoms with Gasteiger partial charge in [0.2, 0.25) is 0 Å². The van der Waals surface area contributed by atoms with E-state index in [0.717, 1.165) is 25.5 Å². The van der Waals surface area contributed by atoms with E-state index < -0.39 is 17.6 Å². The summed E-state index contributed by atoms with van der Waals surface area (Å²) in [5, 5.41) is 0. The summed E-state index contributed by atoms with van der Waals surface area (Å²) in [4.78, 5) is 0. The van der Waals surface area contributed by atoms with Crippen molar-refractivity contribution in [1.82, 2.24) is 0 Å². The lowest BCUT2D eigenvalue weighted by atomic mass is 10.5. The minimum absolute atomic E-state index is 0.123. The topological polar surface area (TPSA) is 77.1 Å². The minimum atomic E-state index is -2.66. The first-order valence-corrected chi connectivity index (χ1v) is 12.8. The van der Waals surface area contributed by atoms with Gasteiger partial charge in [-0.2, -0.15) is 0 Å². The van der Waals surface area contributed by atoms with Crippen LogP contribution in [0.2, 0.25) is 6.04 Å². The molecule has 0 bridgehead atoms. The fraction of sp³-hybridized carbons (Fsp3) is 1.00. The van der Waals surface area contributed by atoms with Crippen LogP contribution >= 0.6 is 11.6 Å². The van der Waals surface area contributed by atoms with E-state index in [2.05, 4.69) is 0 Å². The average molecular weight is 435 g/mol. The molecular formula is C15H35ClO8Si2. The molecule has 1 aliphatic rings. The van der Waals surface area contributed by atoms with Crippen molar-refractivity contribution in [2.24, 2.45) is 0 Å². The molecule has 2 atom stereocenters. The quantitative estimate of drug-likeness (QED) is 0.233. The Morgan fingerprint density at radius 2 is 1.46 bits per heavy atom. The van der Waals surface area contributed by atoms with Crippen LogP contribution in [0.5, 0.6) is 0 Å². The number of hydrogen-bond acceptors (Lipinski definition) is 8. The second-order valence-electron chi connectivity index (χ2n) is 5.49. The maximum absolute atomic E-state index is 5.72. The Bertz CT molecular complexity index is 325. The molecule has 0 aromatic carbocycles. The Kier molecular flexibility index (Phi) is 14.6. The van der Waals surface area contributed by atoms with E-state index in [0.29, 0.717) is 12.5 Å². The molecule has 0 aromatic rings. The van der Waals surface area contributed by atoms with Gasteiger partial charge in [-0.05, 0) is 12.8 Å². The molecule has 1 heterocycles. The standard InChI is InChI=1S/C9H20O5Si.C6H15ClO3Si/c1-5-9(14-7-8-6-13-8)15(10-2,11-3)12-4;1-8-11(9-2,10-3)6-4-5-7/h8-9H,5-7H2,1-4H3;4-6H2,1-3H3. The maximum Gasteiger partial charge on any atom is 0.530 e. The third-order valence-corrected chi connectivity index (χ3v) is 10.2. The third-order valence-electron chi connectivity index (χ3n) is 4.05. The first-order chi connectivity index (χ1) is 12.5. The Morgan fingerprint density at radius 3 is 1.77 bits per heavy atom. The van der Waals surface area contributed by atoms with Crippen molar-refractivity contribution in [3.8, 4) is 0 Å². The fourth-order valence-corrected chi connectivity index (χ4v) is 6.51. The average Bonchev–Trinajstić information content (AvgIpc) is 3.52. The lowest BCUT2D eigenvalue weighted by Gasteiger charge is -2.31. The normalized spacial score (nSPS) is 18.2. The predicted octanol–water partition coefficient (Wildman–Crippen LogP) is 2.09. The number of ether oxygens (including phenoxy) is 2. The summed E-state index contributed by atoms with van der Waals surface area (Å²) in [6.07, 6.45) is 1.91. The van der Waals surface area contributed by atoms with Crippen molar-refractivity contribution >= 4 is 29.2 Å². The first-order valence-electron chi connectivity index (χ1n) is 8.56. The van der Waals surface area contributed by atoms with Gasteiger partial charge in [0.1, 0.15) is 11.8 Å². The van der Waals surface area contributed by atoms with Crippen molar-refractivity contribution in [3.05, 3.63) is 0 Å². The van der Waals surface area contributed by atoms with Crippen LogP contribution in [-0.4, -0.2) is 91.2 Å². The number of halogens is 1. The van der Waals surface area contributed by atoms with Gasteiger partial charge in [-0.15, -0.1) is 11.6 Å². The van der Waals surface area contributed by atoms with Crippen LogP contribution in [-0.2, 0) is 36.0 Å². The summed E-state index contributed by atoms with van der Waals surface area (Å²) in [6, 6.07) is 0.778. The highest BCUT2D eigenvalue weighted by Crippen LogP contribution is 2.20. The van der Waals surface area contributed by atoms with E-state index in [1.165, 1.54) is 0 Å². The lowest BCUT2D eigenvalue weighted by Crippen LogP contribution is -2.55. The second-order valence-corrected chi connectivity index (χ2v) is 12.0. The van der Waals surface area contributed by atoms with E-state index in [1.54, 1.807) is 42.7 Å². The molecule has 0 radical (unpaired) electrons. The van der Waals surface area contributed by atoms with Gasteiger partial charge >= 0.3 is 17.6 Å². The number of alkyl halides is 1. The Balaban J connectivity index is 0.000000508. The molecule has 11 heteroatoms. The minimum Gasteiger partial charge on any atom is -0.377 e. The van der Waals surface area contributed by atoms with Gasteiger partial charge in [0.05, 0.1) is 13.2 Å². The molecule has 1 rings (SSSR count). The Labute approximate surface area is 165 Å². The summed E-state index contributed by atoms with van der Waals surface area (Å²) in [5.74, 6) is 0.616. The van der Waals surface area contributed by atoms with Crippen molar-refractivity contribution in [2.75, 3.05) is 61.8 Å². The monoisotopic (exact) mass is 434 g/mol. The molecule has 0 amide bonds. The summed E-state index contributed by atoms with van der Waals surface area (Å²) in [5.41, 5.74) is -0.123. The van der Waals surface area contributed by atoms with Gasteiger partial charge in [0.25, 0.3) is 0 Å².